The Kier molecular flexibility index (Phi) is 3.15. The van der Waals surface area contributed by atoms with E-state index in [9.17, 15) is 9.59 Å². The number of carbonyl (C=O) groups excluding carboxylic acids is 1. The molecule has 0 N–H and O–H groups in total. The summed E-state index contributed by atoms with van der Waals surface area (Å²) in [5, 5.41) is 0.568. The highest BCUT2D eigenvalue weighted by atomic mass is 35.5. The molecule has 5 heteroatoms. The van der Waals surface area contributed by atoms with E-state index in [1.807, 2.05) is 13.0 Å². The van der Waals surface area contributed by atoms with E-state index in [0.717, 1.165) is 11.1 Å². The Labute approximate surface area is 124 Å². The molecule has 1 heterocycles. The Hall–Kier alpha value is -1.65. The monoisotopic (exact) mass is 305 g/mol. The maximum absolute atomic E-state index is 12.4. The fourth-order valence-corrected chi connectivity index (χ4v) is 3.78. The highest BCUT2D eigenvalue weighted by Crippen LogP contribution is 2.29. The zero-order valence-corrected chi connectivity index (χ0v) is 12.5. The molecule has 0 saturated carbocycles. The third-order valence-electron chi connectivity index (χ3n) is 3.47. The summed E-state index contributed by atoms with van der Waals surface area (Å²) in [6.45, 7) is 6.31. The van der Waals surface area contributed by atoms with Crippen molar-refractivity contribution in [2.45, 2.75) is 19.9 Å². The molecule has 1 aliphatic carbocycles. The molecule has 20 heavy (non-hydrogen) atoms. The SMILES string of the molecule is C=c1s/c(=C2\C(=O)Cc3ccc(Cl)cc32)c(=O)n1CC. The molecule has 2 aromatic rings. The zero-order chi connectivity index (χ0) is 14.4. The fourth-order valence-electron chi connectivity index (χ4n) is 2.53. The number of aromatic nitrogens is 1. The Balaban J connectivity index is 2.45. The first-order chi connectivity index (χ1) is 9.52. The van der Waals surface area contributed by atoms with E-state index in [-0.39, 0.29) is 11.3 Å². The number of ketones is 1. The van der Waals surface area contributed by atoms with Crippen LogP contribution in [0.5, 0.6) is 0 Å². The van der Waals surface area contributed by atoms with E-state index >= 15 is 0 Å². The van der Waals surface area contributed by atoms with Crippen LogP contribution in [0.1, 0.15) is 18.1 Å². The molecule has 1 aromatic carbocycles. The van der Waals surface area contributed by atoms with Gasteiger partial charge in [-0.05, 0) is 30.2 Å². The maximum atomic E-state index is 12.4. The van der Waals surface area contributed by atoms with Crippen LogP contribution >= 0.6 is 22.9 Å². The van der Waals surface area contributed by atoms with Gasteiger partial charge in [0.05, 0.1) is 4.66 Å². The lowest BCUT2D eigenvalue weighted by Gasteiger charge is -1.99. The highest BCUT2D eigenvalue weighted by Gasteiger charge is 2.27. The number of hydrogen-bond donors (Lipinski definition) is 0. The van der Waals surface area contributed by atoms with Gasteiger partial charge in [-0.1, -0.05) is 24.2 Å². The molecule has 0 spiro atoms. The summed E-state index contributed by atoms with van der Waals surface area (Å²) in [6.07, 6.45) is 0.331. The third-order valence-corrected chi connectivity index (χ3v) is 4.75. The first-order valence-corrected chi connectivity index (χ1v) is 7.47. The third kappa shape index (κ3) is 1.87. The van der Waals surface area contributed by atoms with Crippen molar-refractivity contribution in [1.82, 2.24) is 4.57 Å². The van der Waals surface area contributed by atoms with E-state index < -0.39 is 0 Å². The topological polar surface area (TPSA) is 39.1 Å². The molecule has 3 nitrogen and oxygen atoms in total. The smallest absolute Gasteiger partial charge is 0.269 e. The Morgan fingerprint density at radius 1 is 1.40 bits per heavy atom. The molecule has 1 aliphatic rings. The number of hydrogen-bond acceptors (Lipinski definition) is 3. The number of benzene rings is 1. The van der Waals surface area contributed by atoms with E-state index in [0.29, 0.717) is 32.8 Å². The van der Waals surface area contributed by atoms with Crippen molar-refractivity contribution in [2.75, 3.05) is 0 Å². The quantitative estimate of drug-likeness (QED) is 0.797. The summed E-state index contributed by atoms with van der Waals surface area (Å²) in [7, 11) is 0. The van der Waals surface area contributed by atoms with Crippen LogP contribution in [-0.4, -0.2) is 10.4 Å². The van der Waals surface area contributed by atoms with Crippen LogP contribution in [0, 0.1) is 0 Å². The first-order valence-electron chi connectivity index (χ1n) is 6.27. The summed E-state index contributed by atoms with van der Waals surface area (Å²) < 4.78 is 2.73. The summed E-state index contributed by atoms with van der Waals surface area (Å²) in [5.41, 5.74) is 2.06. The number of rotatable bonds is 1. The Morgan fingerprint density at radius 2 is 2.15 bits per heavy atom. The van der Waals surface area contributed by atoms with Crippen molar-refractivity contribution in [1.29, 1.82) is 0 Å². The van der Waals surface area contributed by atoms with Crippen molar-refractivity contribution in [2.24, 2.45) is 0 Å². The fraction of sp³-hybridized carbons (Fsp3) is 0.200. The second-order valence-electron chi connectivity index (χ2n) is 4.65. The average molecular weight is 306 g/mol. The first kappa shape index (κ1) is 13.3. The van der Waals surface area contributed by atoms with E-state index in [2.05, 4.69) is 6.58 Å². The van der Waals surface area contributed by atoms with Gasteiger partial charge in [0, 0.05) is 23.6 Å². The number of halogens is 1. The molecular weight excluding hydrogens is 294 g/mol. The summed E-state index contributed by atoms with van der Waals surface area (Å²) in [5.74, 6) is -0.0242. The van der Waals surface area contributed by atoms with Gasteiger partial charge in [-0.15, -0.1) is 11.3 Å². The molecule has 0 aliphatic heterocycles. The second-order valence-corrected chi connectivity index (χ2v) is 6.17. The maximum Gasteiger partial charge on any atom is 0.269 e. The van der Waals surface area contributed by atoms with Gasteiger partial charge in [0.2, 0.25) is 0 Å². The van der Waals surface area contributed by atoms with Gasteiger partial charge in [-0.25, -0.2) is 0 Å². The molecule has 0 bridgehead atoms. The van der Waals surface area contributed by atoms with E-state index in [1.54, 1.807) is 16.7 Å². The van der Waals surface area contributed by atoms with E-state index in [4.69, 9.17) is 11.6 Å². The van der Waals surface area contributed by atoms with Gasteiger partial charge in [-0.3, -0.25) is 14.2 Å². The number of thiazole rings is 1. The molecule has 3 rings (SSSR count). The van der Waals surface area contributed by atoms with Gasteiger partial charge in [0.25, 0.3) is 5.56 Å². The summed E-state index contributed by atoms with van der Waals surface area (Å²) in [6, 6.07) is 5.37. The van der Waals surface area contributed by atoms with Gasteiger partial charge in [0.15, 0.2) is 5.78 Å². The van der Waals surface area contributed by atoms with Crippen LogP contribution in [0.15, 0.2) is 23.0 Å². The predicted octanol–water partition coefficient (Wildman–Crippen LogP) is 1.32. The number of nitrogens with zero attached hydrogens (tertiary/aromatic N) is 1. The average Bonchev–Trinajstić information content (AvgIpc) is 2.85. The number of carbonyl (C=O) groups is 1. The molecule has 102 valence electrons. The minimum Gasteiger partial charge on any atom is -0.300 e. The van der Waals surface area contributed by atoms with Crippen LogP contribution in [0.25, 0.3) is 12.2 Å². The second kappa shape index (κ2) is 4.72. The minimum absolute atomic E-state index is 0.0242. The number of fused-ring (bicyclic) bond motifs is 1. The van der Waals surface area contributed by atoms with Crippen LogP contribution in [0.2, 0.25) is 5.02 Å². The van der Waals surface area contributed by atoms with Gasteiger partial charge >= 0.3 is 0 Å². The molecule has 0 radical (unpaired) electrons. The van der Waals surface area contributed by atoms with Gasteiger partial charge in [-0.2, -0.15) is 0 Å². The Bertz CT molecular complexity index is 892. The zero-order valence-electron chi connectivity index (χ0n) is 10.9. The Morgan fingerprint density at radius 3 is 2.80 bits per heavy atom. The van der Waals surface area contributed by atoms with Gasteiger partial charge in [0.1, 0.15) is 4.53 Å². The van der Waals surface area contributed by atoms with Crippen molar-refractivity contribution in [3.63, 3.8) is 0 Å². The number of Topliss-reactive ketones (excluding diaryl/α,β-unsaturated/α-hetero) is 1. The molecule has 1 aromatic heterocycles. The molecule has 0 atom stereocenters. The molecule has 0 saturated heterocycles. The molecule has 0 unspecified atom stereocenters. The molecule has 0 amide bonds. The minimum atomic E-state index is -0.140. The standard InChI is InChI=1S/C15H12ClNO2S/c1-3-17-8(2)20-14(15(17)19)13-11-7-10(16)5-4-9(11)6-12(13)18/h4-5,7H,2-3,6H2,1H3/b14-13-. The normalized spacial score (nSPS) is 16.6. The predicted molar refractivity (Wildman–Crippen MR) is 81.7 cm³/mol. The lowest BCUT2D eigenvalue weighted by molar-refractivity contribution is -0.112. The van der Waals surface area contributed by atoms with Crippen molar-refractivity contribution in [3.8, 4) is 0 Å². The van der Waals surface area contributed by atoms with Crippen molar-refractivity contribution >= 4 is 40.9 Å². The van der Waals surface area contributed by atoms with Crippen molar-refractivity contribution < 1.29 is 4.79 Å². The van der Waals surface area contributed by atoms with Gasteiger partial charge < -0.3 is 0 Å². The highest BCUT2D eigenvalue weighted by molar-refractivity contribution is 7.07. The molecular formula is C15H12ClNO2S. The van der Waals surface area contributed by atoms with Crippen molar-refractivity contribution in [3.05, 3.63) is 53.9 Å². The van der Waals surface area contributed by atoms with Crippen LogP contribution < -0.4 is 14.8 Å². The lowest BCUT2D eigenvalue weighted by atomic mass is 10.1. The van der Waals surface area contributed by atoms with Crippen LogP contribution in [0.4, 0.5) is 0 Å². The van der Waals surface area contributed by atoms with E-state index in [1.165, 1.54) is 11.3 Å². The van der Waals surface area contributed by atoms with Crippen LogP contribution in [0.3, 0.4) is 0 Å². The van der Waals surface area contributed by atoms with Crippen LogP contribution in [-0.2, 0) is 17.8 Å². The summed E-state index contributed by atoms with van der Waals surface area (Å²) in [4.78, 5) is 24.6. The molecule has 0 fully saturated rings. The largest absolute Gasteiger partial charge is 0.300 e. The lowest BCUT2D eigenvalue weighted by Crippen LogP contribution is -2.32. The summed E-state index contributed by atoms with van der Waals surface area (Å²) >= 11 is 7.28.